The Hall–Kier alpha value is -0.630. The molecule has 14 heavy (non-hydrogen) atoms. The molecule has 0 N–H and O–H groups in total. The maximum Gasteiger partial charge on any atom is 0.0547 e. The van der Waals surface area contributed by atoms with E-state index in [1.54, 1.807) is 0 Å². The Bertz CT molecular complexity index is 295. The van der Waals surface area contributed by atoms with Crippen LogP contribution in [-0.2, 0) is 4.74 Å². The zero-order valence-electron chi connectivity index (χ0n) is 8.70. The molecule has 3 aliphatic rings. The maximum atomic E-state index is 5.44. The van der Waals surface area contributed by atoms with Crippen LogP contribution < -0.4 is 0 Å². The molecule has 0 radical (unpaired) electrons. The van der Waals surface area contributed by atoms with E-state index in [-0.39, 0.29) is 0 Å². The van der Waals surface area contributed by atoms with E-state index in [1.807, 2.05) is 0 Å². The average Bonchev–Trinajstić information content (AvgIpc) is 2.60. The average molecular weight is 191 g/mol. The van der Waals surface area contributed by atoms with E-state index in [1.165, 1.54) is 30.5 Å². The quantitative estimate of drug-likeness (QED) is 0.623. The third-order valence-corrected chi connectivity index (χ3v) is 4.00. The number of allylic oxidation sites excluding steroid dienone is 1. The summed E-state index contributed by atoms with van der Waals surface area (Å²) in [5.74, 6) is 2.22. The Balaban J connectivity index is 1.84. The fourth-order valence-electron chi connectivity index (χ4n) is 2.94. The zero-order chi connectivity index (χ0) is 9.54. The molecule has 2 fully saturated rings. The number of rotatable bonds is 1. The summed E-state index contributed by atoms with van der Waals surface area (Å²) in [6, 6.07) is 0. The van der Waals surface area contributed by atoms with Crippen molar-refractivity contribution in [2.24, 2.45) is 22.7 Å². The first-order chi connectivity index (χ1) is 6.86. The number of fused-ring (bicyclic) bond motifs is 1. The van der Waals surface area contributed by atoms with Crippen LogP contribution >= 0.6 is 0 Å². The van der Waals surface area contributed by atoms with Gasteiger partial charge in [-0.1, -0.05) is 5.57 Å². The molecule has 3 atom stereocenters. The molecule has 1 aliphatic carbocycles. The summed E-state index contributed by atoms with van der Waals surface area (Å²) >= 11 is 0. The van der Waals surface area contributed by atoms with Crippen LogP contribution in [0.25, 0.3) is 0 Å². The molecule has 1 saturated heterocycles. The number of ether oxygens (including phenoxy) is 1. The van der Waals surface area contributed by atoms with Gasteiger partial charge in [0.05, 0.1) is 6.61 Å². The Morgan fingerprint density at radius 1 is 1.29 bits per heavy atom. The lowest BCUT2D eigenvalue weighted by Gasteiger charge is -2.41. The highest BCUT2D eigenvalue weighted by Gasteiger charge is 2.40. The summed E-state index contributed by atoms with van der Waals surface area (Å²) in [7, 11) is 0. The second-order valence-electron chi connectivity index (χ2n) is 4.78. The van der Waals surface area contributed by atoms with Crippen molar-refractivity contribution in [1.29, 1.82) is 0 Å². The van der Waals surface area contributed by atoms with Crippen molar-refractivity contribution >= 4 is 5.71 Å². The van der Waals surface area contributed by atoms with Crippen LogP contribution in [0, 0.1) is 17.8 Å². The highest BCUT2D eigenvalue weighted by atomic mass is 16.5. The van der Waals surface area contributed by atoms with Gasteiger partial charge in [-0.25, -0.2) is 0 Å². The van der Waals surface area contributed by atoms with Gasteiger partial charge in [0.15, 0.2) is 0 Å². The molecule has 3 rings (SSSR count). The molecule has 3 unspecified atom stereocenters. The van der Waals surface area contributed by atoms with Crippen LogP contribution in [0.4, 0.5) is 0 Å². The highest BCUT2D eigenvalue weighted by Crippen LogP contribution is 2.44. The van der Waals surface area contributed by atoms with Crippen LogP contribution in [0.3, 0.4) is 0 Å². The lowest BCUT2D eigenvalue weighted by Crippen LogP contribution is -2.39. The molecule has 1 saturated carbocycles. The maximum absolute atomic E-state index is 5.44. The molecule has 0 bridgehead atoms. The number of hydrogen-bond acceptors (Lipinski definition) is 2. The summed E-state index contributed by atoms with van der Waals surface area (Å²) in [6.07, 6.45) is 6.01. The molecule has 0 aromatic heterocycles. The van der Waals surface area contributed by atoms with E-state index >= 15 is 0 Å². The fraction of sp³-hybridized carbons (Fsp3) is 0.750. The van der Waals surface area contributed by atoms with Gasteiger partial charge < -0.3 is 4.74 Å². The Labute approximate surface area is 85.1 Å². The van der Waals surface area contributed by atoms with E-state index in [0.29, 0.717) is 5.92 Å². The van der Waals surface area contributed by atoms with Gasteiger partial charge in [-0.3, -0.25) is 4.99 Å². The molecule has 2 heterocycles. The molecule has 2 heteroatoms. The normalized spacial score (nSPS) is 41.1. The van der Waals surface area contributed by atoms with E-state index < -0.39 is 0 Å². The molecule has 2 nitrogen and oxygen atoms in total. The number of aliphatic imine (C=N–C) groups is 1. The molecule has 76 valence electrons. The van der Waals surface area contributed by atoms with Crippen molar-refractivity contribution < 1.29 is 4.74 Å². The summed E-state index contributed by atoms with van der Waals surface area (Å²) < 4.78 is 5.44. The second kappa shape index (κ2) is 3.20. The van der Waals surface area contributed by atoms with Crippen LogP contribution in [-0.4, -0.2) is 18.9 Å². The van der Waals surface area contributed by atoms with Gasteiger partial charge in [-0.15, -0.1) is 0 Å². The molecule has 0 amide bonds. The monoisotopic (exact) mass is 191 g/mol. The molecule has 0 spiro atoms. The first-order valence-electron chi connectivity index (χ1n) is 5.68. The second-order valence-corrected chi connectivity index (χ2v) is 4.78. The lowest BCUT2D eigenvalue weighted by atomic mass is 9.64. The van der Waals surface area contributed by atoms with Crippen LogP contribution in [0.15, 0.2) is 16.8 Å². The van der Waals surface area contributed by atoms with Gasteiger partial charge in [-0.05, 0) is 32.1 Å². The molecule has 2 aliphatic heterocycles. The topological polar surface area (TPSA) is 21.6 Å². The fourth-order valence-corrected chi connectivity index (χ4v) is 2.94. The van der Waals surface area contributed by atoms with Crippen molar-refractivity contribution in [3.63, 3.8) is 0 Å². The minimum absolute atomic E-state index is 0.632. The third-order valence-electron chi connectivity index (χ3n) is 4.00. The standard InChI is InChI=1S/C12H17NO/c1-8-6-13-12(9-4-5-14-7-9)11-3-2-10(8)11/h6,9-11H,2-5,7H2,1H3. The predicted molar refractivity (Wildman–Crippen MR) is 56.3 cm³/mol. The SMILES string of the molecule is CC1=CN=C(C2CCOC2)C2CCC12. The Morgan fingerprint density at radius 2 is 2.14 bits per heavy atom. The van der Waals surface area contributed by atoms with Crippen molar-refractivity contribution in [3.05, 3.63) is 11.8 Å². The van der Waals surface area contributed by atoms with Crippen molar-refractivity contribution in [3.8, 4) is 0 Å². The largest absolute Gasteiger partial charge is 0.381 e. The van der Waals surface area contributed by atoms with Crippen LogP contribution in [0.2, 0.25) is 0 Å². The van der Waals surface area contributed by atoms with E-state index in [4.69, 9.17) is 4.74 Å². The number of hydrogen-bond donors (Lipinski definition) is 0. The predicted octanol–water partition coefficient (Wildman–Crippen LogP) is 2.41. The summed E-state index contributed by atoms with van der Waals surface area (Å²) in [4.78, 5) is 4.65. The lowest BCUT2D eigenvalue weighted by molar-refractivity contribution is 0.190. The van der Waals surface area contributed by atoms with E-state index in [0.717, 1.165) is 25.0 Å². The Morgan fingerprint density at radius 3 is 2.79 bits per heavy atom. The third kappa shape index (κ3) is 1.17. The van der Waals surface area contributed by atoms with Crippen molar-refractivity contribution in [1.82, 2.24) is 0 Å². The zero-order valence-corrected chi connectivity index (χ0v) is 8.70. The van der Waals surface area contributed by atoms with Crippen molar-refractivity contribution in [2.45, 2.75) is 26.2 Å². The van der Waals surface area contributed by atoms with Gasteiger partial charge in [0.2, 0.25) is 0 Å². The first-order valence-corrected chi connectivity index (χ1v) is 5.68. The minimum Gasteiger partial charge on any atom is -0.381 e. The van der Waals surface area contributed by atoms with E-state index in [9.17, 15) is 0 Å². The van der Waals surface area contributed by atoms with Crippen LogP contribution in [0.5, 0.6) is 0 Å². The smallest absolute Gasteiger partial charge is 0.0547 e. The van der Waals surface area contributed by atoms with Gasteiger partial charge in [-0.2, -0.15) is 0 Å². The molecular formula is C12H17NO. The summed E-state index contributed by atoms with van der Waals surface area (Å²) in [6.45, 7) is 4.07. The Kier molecular flexibility index (Phi) is 1.98. The molecule has 0 aromatic carbocycles. The minimum atomic E-state index is 0.632. The highest BCUT2D eigenvalue weighted by molar-refractivity contribution is 5.92. The summed E-state index contributed by atoms with van der Waals surface area (Å²) in [5, 5.41) is 0. The van der Waals surface area contributed by atoms with E-state index in [2.05, 4.69) is 18.1 Å². The molecule has 0 aromatic rings. The first kappa shape index (κ1) is 8.66. The summed E-state index contributed by atoms with van der Waals surface area (Å²) in [5.41, 5.74) is 2.94. The number of nitrogens with zero attached hydrogens (tertiary/aromatic N) is 1. The van der Waals surface area contributed by atoms with Crippen LogP contribution in [0.1, 0.15) is 26.2 Å². The van der Waals surface area contributed by atoms with Gasteiger partial charge >= 0.3 is 0 Å². The van der Waals surface area contributed by atoms with Gasteiger partial charge in [0.25, 0.3) is 0 Å². The van der Waals surface area contributed by atoms with Gasteiger partial charge in [0, 0.05) is 30.4 Å². The van der Waals surface area contributed by atoms with Gasteiger partial charge in [0.1, 0.15) is 0 Å². The van der Waals surface area contributed by atoms with Crippen molar-refractivity contribution in [2.75, 3.05) is 13.2 Å². The molecular weight excluding hydrogens is 174 g/mol.